The van der Waals surface area contributed by atoms with Crippen molar-refractivity contribution in [1.82, 2.24) is 20.6 Å². The van der Waals surface area contributed by atoms with Crippen molar-refractivity contribution in [3.8, 4) is 0 Å². The Morgan fingerprint density at radius 1 is 1.10 bits per heavy atom. The van der Waals surface area contributed by atoms with Crippen LogP contribution in [-0.2, 0) is 16.0 Å². The van der Waals surface area contributed by atoms with Crippen molar-refractivity contribution in [3.63, 3.8) is 0 Å². The SMILES string of the molecule is NC(=O)CC(NC(=O)c1cnccn1)C(=O)NC(CCCc1ccccc1)B(O)O. The molecular weight excluding hydrogens is 389 g/mol. The molecule has 1 aromatic carbocycles. The van der Waals surface area contributed by atoms with E-state index in [2.05, 4.69) is 20.6 Å². The van der Waals surface area contributed by atoms with E-state index < -0.39 is 43.2 Å². The Labute approximate surface area is 174 Å². The number of carbonyl (C=O) groups is 3. The predicted octanol–water partition coefficient (Wildman–Crippen LogP) is -1.03. The maximum Gasteiger partial charge on any atom is 0.475 e. The minimum absolute atomic E-state index is 0.0404. The third kappa shape index (κ3) is 7.61. The molecule has 1 heterocycles. The lowest BCUT2D eigenvalue weighted by Crippen LogP contribution is -2.54. The van der Waals surface area contributed by atoms with Crippen LogP contribution in [0.5, 0.6) is 0 Å². The topological polar surface area (TPSA) is 168 Å². The summed E-state index contributed by atoms with van der Waals surface area (Å²) in [6.07, 6.45) is 4.98. The second kappa shape index (κ2) is 11.6. The van der Waals surface area contributed by atoms with E-state index in [4.69, 9.17) is 5.73 Å². The number of nitrogens with two attached hydrogens (primary N) is 1. The standard InChI is InChI=1S/C19H24BN5O5/c21-17(26)11-14(24-19(28)15-12-22-9-10-23-15)18(27)25-16(20(29)30)8-4-7-13-5-2-1-3-6-13/h1-3,5-6,9-10,12,14,16,29-30H,4,7-8,11H2,(H2,21,26)(H,24,28)(H,25,27). The molecule has 0 saturated carbocycles. The smallest absolute Gasteiger partial charge is 0.426 e. The highest BCUT2D eigenvalue weighted by Gasteiger charge is 2.30. The maximum atomic E-state index is 12.6. The van der Waals surface area contributed by atoms with Gasteiger partial charge in [0.1, 0.15) is 11.7 Å². The van der Waals surface area contributed by atoms with E-state index >= 15 is 0 Å². The molecule has 30 heavy (non-hydrogen) atoms. The normalized spacial score (nSPS) is 12.5. The van der Waals surface area contributed by atoms with E-state index in [1.807, 2.05) is 30.3 Å². The predicted molar refractivity (Wildman–Crippen MR) is 109 cm³/mol. The molecular formula is C19H24BN5O5. The van der Waals surface area contributed by atoms with Crippen molar-refractivity contribution in [3.05, 3.63) is 60.2 Å². The van der Waals surface area contributed by atoms with Gasteiger partial charge in [-0.3, -0.25) is 19.4 Å². The summed E-state index contributed by atoms with van der Waals surface area (Å²) in [5.74, 6) is -3.26. The molecule has 1 aromatic heterocycles. The Kier molecular flexibility index (Phi) is 8.91. The average molecular weight is 413 g/mol. The minimum atomic E-state index is -1.81. The lowest BCUT2D eigenvalue weighted by molar-refractivity contribution is -0.127. The Morgan fingerprint density at radius 3 is 2.43 bits per heavy atom. The van der Waals surface area contributed by atoms with Gasteiger partial charge in [0.15, 0.2) is 0 Å². The summed E-state index contributed by atoms with van der Waals surface area (Å²) in [6.45, 7) is 0. The fourth-order valence-corrected chi connectivity index (χ4v) is 2.81. The fraction of sp³-hybridized carbons (Fsp3) is 0.316. The molecule has 0 aliphatic carbocycles. The van der Waals surface area contributed by atoms with Gasteiger partial charge in [0.2, 0.25) is 11.8 Å². The van der Waals surface area contributed by atoms with E-state index in [0.717, 1.165) is 5.56 Å². The first kappa shape index (κ1) is 23.0. The molecule has 10 nitrogen and oxygen atoms in total. The lowest BCUT2D eigenvalue weighted by atomic mass is 9.76. The van der Waals surface area contributed by atoms with Crippen molar-refractivity contribution in [2.24, 2.45) is 5.73 Å². The molecule has 2 atom stereocenters. The van der Waals surface area contributed by atoms with E-state index in [1.54, 1.807) is 0 Å². The lowest BCUT2D eigenvalue weighted by Gasteiger charge is -2.22. The summed E-state index contributed by atoms with van der Waals surface area (Å²) >= 11 is 0. The Hall–Kier alpha value is -3.31. The number of aromatic nitrogens is 2. The molecule has 3 amide bonds. The number of nitrogens with zero attached hydrogens (tertiary/aromatic N) is 2. The second-order valence-electron chi connectivity index (χ2n) is 6.69. The van der Waals surface area contributed by atoms with Gasteiger partial charge in [0.25, 0.3) is 5.91 Å². The van der Waals surface area contributed by atoms with Crippen LogP contribution < -0.4 is 16.4 Å². The minimum Gasteiger partial charge on any atom is -0.426 e. The van der Waals surface area contributed by atoms with Crippen molar-refractivity contribution in [1.29, 1.82) is 0 Å². The van der Waals surface area contributed by atoms with E-state index in [-0.39, 0.29) is 12.1 Å². The van der Waals surface area contributed by atoms with Crippen LogP contribution in [0, 0.1) is 0 Å². The van der Waals surface area contributed by atoms with Crippen molar-refractivity contribution < 1.29 is 24.4 Å². The van der Waals surface area contributed by atoms with Gasteiger partial charge in [0, 0.05) is 12.4 Å². The largest absolute Gasteiger partial charge is 0.475 e. The molecule has 0 radical (unpaired) electrons. The highest BCUT2D eigenvalue weighted by Crippen LogP contribution is 2.08. The Bertz CT molecular complexity index is 838. The van der Waals surface area contributed by atoms with Crippen molar-refractivity contribution >= 4 is 24.8 Å². The van der Waals surface area contributed by atoms with Crippen LogP contribution in [0.3, 0.4) is 0 Å². The molecule has 158 valence electrons. The third-order valence-electron chi connectivity index (χ3n) is 4.33. The third-order valence-corrected chi connectivity index (χ3v) is 4.33. The summed E-state index contributed by atoms with van der Waals surface area (Å²) < 4.78 is 0. The van der Waals surface area contributed by atoms with Gasteiger partial charge in [-0.1, -0.05) is 30.3 Å². The first-order valence-electron chi connectivity index (χ1n) is 9.42. The van der Waals surface area contributed by atoms with Gasteiger partial charge >= 0.3 is 7.12 Å². The van der Waals surface area contributed by atoms with Crippen LogP contribution in [-0.4, -0.2) is 56.8 Å². The molecule has 2 aromatic rings. The number of hydrogen-bond donors (Lipinski definition) is 5. The Morgan fingerprint density at radius 2 is 1.83 bits per heavy atom. The molecule has 0 fully saturated rings. The van der Waals surface area contributed by atoms with Gasteiger partial charge in [-0.25, -0.2) is 4.98 Å². The summed E-state index contributed by atoms with van der Waals surface area (Å²) in [4.78, 5) is 43.8. The van der Waals surface area contributed by atoms with Crippen LogP contribution in [0.2, 0.25) is 0 Å². The van der Waals surface area contributed by atoms with Gasteiger partial charge in [-0.2, -0.15) is 0 Å². The van der Waals surface area contributed by atoms with E-state index in [0.29, 0.717) is 12.8 Å². The monoisotopic (exact) mass is 413 g/mol. The van der Waals surface area contributed by atoms with Gasteiger partial charge in [-0.15, -0.1) is 0 Å². The van der Waals surface area contributed by atoms with Crippen molar-refractivity contribution in [2.75, 3.05) is 0 Å². The first-order chi connectivity index (χ1) is 14.4. The molecule has 2 rings (SSSR count). The molecule has 0 aliphatic rings. The molecule has 0 saturated heterocycles. The number of benzene rings is 1. The molecule has 6 N–H and O–H groups in total. The number of primary amides is 1. The van der Waals surface area contributed by atoms with E-state index in [9.17, 15) is 24.4 Å². The summed E-state index contributed by atoms with van der Waals surface area (Å²) in [5.41, 5.74) is 6.22. The van der Waals surface area contributed by atoms with Crippen LogP contribution in [0.25, 0.3) is 0 Å². The number of nitrogens with one attached hydrogen (secondary N) is 2. The van der Waals surface area contributed by atoms with Crippen LogP contribution in [0.15, 0.2) is 48.9 Å². The highest BCUT2D eigenvalue weighted by atomic mass is 16.4. The highest BCUT2D eigenvalue weighted by molar-refractivity contribution is 6.43. The number of aryl methyl sites for hydroxylation is 1. The van der Waals surface area contributed by atoms with Gasteiger partial charge in [-0.05, 0) is 24.8 Å². The summed E-state index contributed by atoms with van der Waals surface area (Å²) in [6, 6.07) is 8.32. The average Bonchev–Trinajstić information content (AvgIpc) is 2.73. The number of hydrogen-bond acceptors (Lipinski definition) is 7. The second-order valence-corrected chi connectivity index (χ2v) is 6.69. The van der Waals surface area contributed by atoms with Crippen LogP contribution in [0.4, 0.5) is 0 Å². The first-order valence-corrected chi connectivity index (χ1v) is 9.42. The van der Waals surface area contributed by atoms with Crippen LogP contribution in [0.1, 0.15) is 35.3 Å². The Balaban J connectivity index is 1.98. The molecule has 11 heteroatoms. The molecule has 0 aliphatic heterocycles. The quantitative estimate of drug-likeness (QED) is 0.294. The van der Waals surface area contributed by atoms with E-state index in [1.165, 1.54) is 18.6 Å². The molecule has 0 bridgehead atoms. The zero-order valence-electron chi connectivity index (χ0n) is 16.3. The number of amides is 3. The van der Waals surface area contributed by atoms with Gasteiger partial charge in [0.05, 0.1) is 18.6 Å². The number of rotatable bonds is 11. The van der Waals surface area contributed by atoms with Gasteiger partial charge < -0.3 is 26.4 Å². The zero-order valence-corrected chi connectivity index (χ0v) is 16.3. The fourth-order valence-electron chi connectivity index (χ4n) is 2.81. The summed E-state index contributed by atoms with van der Waals surface area (Å²) in [7, 11) is -1.81. The van der Waals surface area contributed by atoms with Crippen LogP contribution >= 0.6 is 0 Å². The molecule has 0 spiro atoms. The van der Waals surface area contributed by atoms with Crippen molar-refractivity contribution in [2.45, 2.75) is 37.7 Å². The summed E-state index contributed by atoms with van der Waals surface area (Å²) in [5, 5.41) is 24.1. The maximum absolute atomic E-state index is 12.6. The zero-order chi connectivity index (χ0) is 21.9. The number of carbonyl (C=O) groups excluding carboxylic acids is 3. The molecule has 2 unspecified atom stereocenters.